The summed E-state index contributed by atoms with van der Waals surface area (Å²) in [7, 11) is 2.00. The predicted octanol–water partition coefficient (Wildman–Crippen LogP) is 3.20. The van der Waals surface area contributed by atoms with Crippen LogP contribution in [0.1, 0.15) is 35.4 Å². The Labute approximate surface area is 158 Å². The molecule has 1 amide bonds. The molecule has 1 saturated heterocycles. The topological polar surface area (TPSA) is 67.4 Å². The van der Waals surface area contributed by atoms with Crippen LogP contribution in [0.25, 0.3) is 0 Å². The number of carbonyl (C=O) groups excluding carboxylic acids is 1. The van der Waals surface area contributed by atoms with Crippen LogP contribution in [-0.4, -0.2) is 47.2 Å². The Morgan fingerprint density at radius 3 is 3.00 bits per heavy atom. The van der Waals surface area contributed by atoms with E-state index in [1.54, 1.807) is 0 Å². The molecule has 3 rings (SSSR count). The van der Waals surface area contributed by atoms with Gasteiger partial charge in [-0.15, -0.1) is 10.2 Å². The number of anilines is 1. The highest BCUT2D eigenvalue weighted by Gasteiger charge is 2.26. The first-order valence-corrected chi connectivity index (χ1v) is 9.88. The highest BCUT2D eigenvalue weighted by molar-refractivity contribution is 7.15. The first-order valence-electron chi connectivity index (χ1n) is 9.06. The standard InChI is InChI=1S/C19H26N4O2S/c1-13-7-8-14(2)16(12-13)25-11-9-17-21-22-19(26-17)20-18(24)15-6-4-5-10-23(15)3/h7-8,12,15H,4-6,9-11H2,1-3H3,(H,20,22,24). The molecule has 1 aromatic carbocycles. The lowest BCUT2D eigenvalue weighted by Gasteiger charge is -2.30. The van der Waals surface area contributed by atoms with Crippen molar-refractivity contribution < 1.29 is 9.53 Å². The number of hydrogen-bond donors (Lipinski definition) is 1. The number of amides is 1. The number of ether oxygens (including phenoxy) is 1. The second-order valence-electron chi connectivity index (χ2n) is 6.85. The van der Waals surface area contributed by atoms with Crippen LogP contribution in [-0.2, 0) is 11.2 Å². The van der Waals surface area contributed by atoms with Crippen molar-refractivity contribution in [1.82, 2.24) is 15.1 Å². The van der Waals surface area contributed by atoms with Crippen molar-refractivity contribution in [1.29, 1.82) is 0 Å². The average molecular weight is 375 g/mol. The quantitative estimate of drug-likeness (QED) is 0.841. The van der Waals surface area contributed by atoms with Gasteiger partial charge in [-0.25, -0.2) is 0 Å². The number of aryl methyl sites for hydroxylation is 2. The van der Waals surface area contributed by atoms with E-state index in [4.69, 9.17) is 4.74 Å². The fraction of sp³-hybridized carbons (Fsp3) is 0.526. The summed E-state index contributed by atoms with van der Waals surface area (Å²) in [5, 5.41) is 12.6. The van der Waals surface area contributed by atoms with Crippen molar-refractivity contribution in [3.63, 3.8) is 0 Å². The Morgan fingerprint density at radius 1 is 1.35 bits per heavy atom. The van der Waals surface area contributed by atoms with E-state index in [1.807, 2.05) is 20.0 Å². The molecule has 0 saturated carbocycles. The lowest BCUT2D eigenvalue weighted by molar-refractivity contribution is -0.121. The smallest absolute Gasteiger partial charge is 0.243 e. The largest absolute Gasteiger partial charge is 0.493 e. The van der Waals surface area contributed by atoms with Crippen molar-refractivity contribution in [2.24, 2.45) is 0 Å². The minimum atomic E-state index is -0.0660. The highest BCUT2D eigenvalue weighted by atomic mass is 32.1. The molecule has 0 spiro atoms. The van der Waals surface area contributed by atoms with Gasteiger partial charge in [0.1, 0.15) is 10.8 Å². The summed E-state index contributed by atoms with van der Waals surface area (Å²) in [5.41, 5.74) is 2.30. The summed E-state index contributed by atoms with van der Waals surface area (Å²) in [6.07, 6.45) is 3.82. The van der Waals surface area contributed by atoms with E-state index in [2.05, 4.69) is 39.5 Å². The number of benzene rings is 1. The molecule has 0 aliphatic carbocycles. The summed E-state index contributed by atoms with van der Waals surface area (Å²) in [5.74, 6) is 0.921. The van der Waals surface area contributed by atoms with Crippen molar-refractivity contribution in [2.45, 2.75) is 45.6 Å². The van der Waals surface area contributed by atoms with Crippen molar-refractivity contribution in [3.05, 3.63) is 34.3 Å². The van der Waals surface area contributed by atoms with Gasteiger partial charge in [0.15, 0.2) is 0 Å². The Kier molecular flexibility index (Phi) is 6.21. The second kappa shape index (κ2) is 8.60. The van der Waals surface area contributed by atoms with Crippen LogP contribution in [0.5, 0.6) is 5.75 Å². The number of carbonyl (C=O) groups is 1. The second-order valence-corrected chi connectivity index (χ2v) is 7.91. The molecular formula is C19H26N4O2S. The number of likely N-dealkylation sites (tertiary alicyclic amines) is 1. The zero-order valence-corrected chi connectivity index (χ0v) is 16.4. The summed E-state index contributed by atoms with van der Waals surface area (Å²) in [6, 6.07) is 6.11. The molecule has 1 atom stereocenters. The van der Waals surface area contributed by atoms with Crippen LogP contribution in [0.3, 0.4) is 0 Å². The van der Waals surface area contributed by atoms with Gasteiger partial charge in [-0.2, -0.15) is 0 Å². The van der Waals surface area contributed by atoms with Gasteiger partial charge in [0.05, 0.1) is 12.6 Å². The Bertz CT molecular complexity index is 762. The van der Waals surface area contributed by atoms with E-state index in [0.717, 1.165) is 42.1 Å². The van der Waals surface area contributed by atoms with Gasteiger partial charge in [-0.05, 0) is 57.5 Å². The maximum atomic E-state index is 12.4. The zero-order chi connectivity index (χ0) is 18.5. The van der Waals surface area contributed by atoms with Crippen LogP contribution >= 0.6 is 11.3 Å². The number of piperidine rings is 1. The molecule has 0 bridgehead atoms. The predicted molar refractivity (Wildman–Crippen MR) is 104 cm³/mol. The van der Waals surface area contributed by atoms with Gasteiger partial charge in [-0.3, -0.25) is 15.0 Å². The van der Waals surface area contributed by atoms with E-state index in [9.17, 15) is 4.79 Å². The third-order valence-electron chi connectivity index (χ3n) is 4.69. The molecule has 140 valence electrons. The van der Waals surface area contributed by atoms with Gasteiger partial charge < -0.3 is 4.74 Å². The van der Waals surface area contributed by atoms with Crippen LogP contribution in [0.4, 0.5) is 5.13 Å². The molecule has 2 heterocycles. The van der Waals surface area contributed by atoms with Crippen molar-refractivity contribution in [2.75, 3.05) is 25.5 Å². The van der Waals surface area contributed by atoms with E-state index in [-0.39, 0.29) is 11.9 Å². The zero-order valence-electron chi connectivity index (χ0n) is 15.6. The monoisotopic (exact) mass is 374 g/mol. The van der Waals surface area contributed by atoms with Crippen LogP contribution in [0.2, 0.25) is 0 Å². The molecule has 0 radical (unpaired) electrons. The summed E-state index contributed by atoms with van der Waals surface area (Å²) in [6.45, 7) is 5.60. The molecule has 1 fully saturated rings. The lowest BCUT2D eigenvalue weighted by atomic mass is 10.0. The number of nitrogens with zero attached hydrogens (tertiary/aromatic N) is 3. The fourth-order valence-corrected chi connectivity index (χ4v) is 3.83. The highest BCUT2D eigenvalue weighted by Crippen LogP contribution is 2.22. The number of likely N-dealkylation sites (N-methyl/N-ethyl adjacent to an activating group) is 1. The molecule has 7 heteroatoms. The number of rotatable bonds is 6. The molecule has 26 heavy (non-hydrogen) atoms. The van der Waals surface area contributed by atoms with E-state index >= 15 is 0 Å². The molecule has 6 nitrogen and oxygen atoms in total. The molecule has 1 aliphatic heterocycles. The maximum Gasteiger partial charge on any atom is 0.243 e. The van der Waals surface area contributed by atoms with Gasteiger partial charge in [-0.1, -0.05) is 29.9 Å². The Balaban J connectivity index is 1.50. The minimum Gasteiger partial charge on any atom is -0.493 e. The van der Waals surface area contributed by atoms with Crippen molar-refractivity contribution in [3.8, 4) is 5.75 Å². The summed E-state index contributed by atoms with van der Waals surface area (Å²) >= 11 is 1.42. The number of hydrogen-bond acceptors (Lipinski definition) is 6. The molecule has 1 aromatic heterocycles. The Hall–Kier alpha value is -1.99. The maximum absolute atomic E-state index is 12.4. The fourth-order valence-electron chi connectivity index (χ4n) is 3.11. The number of nitrogens with one attached hydrogen (secondary N) is 1. The van der Waals surface area contributed by atoms with Gasteiger partial charge in [0, 0.05) is 6.42 Å². The third-order valence-corrected chi connectivity index (χ3v) is 5.59. The lowest BCUT2D eigenvalue weighted by Crippen LogP contribution is -2.44. The molecule has 1 unspecified atom stereocenters. The van der Waals surface area contributed by atoms with Gasteiger partial charge >= 0.3 is 0 Å². The van der Waals surface area contributed by atoms with Gasteiger partial charge in [0.2, 0.25) is 11.0 Å². The molecular weight excluding hydrogens is 348 g/mol. The van der Waals surface area contributed by atoms with E-state index < -0.39 is 0 Å². The van der Waals surface area contributed by atoms with Gasteiger partial charge in [0.25, 0.3) is 0 Å². The minimum absolute atomic E-state index is 0.0153. The molecule has 1 aliphatic rings. The normalized spacial score (nSPS) is 17.9. The average Bonchev–Trinajstić information content (AvgIpc) is 3.05. The first-order chi connectivity index (χ1) is 12.5. The summed E-state index contributed by atoms with van der Waals surface area (Å²) in [4.78, 5) is 14.5. The third kappa shape index (κ3) is 4.80. The van der Waals surface area contributed by atoms with Crippen LogP contribution in [0.15, 0.2) is 18.2 Å². The van der Waals surface area contributed by atoms with E-state index in [0.29, 0.717) is 18.2 Å². The number of aromatic nitrogens is 2. The SMILES string of the molecule is Cc1ccc(C)c(OCCc2nnc(NC(=O)C3CCCCN3C)s2)c1. The van der Waals surface area contributed by atoms with Crippen LogP contribution in [0, 0.1) is 13.8 Å². The van der Waals surface area contributed by atoms with E-state index in [1.165, 1.54) is 16.9 Å². The van der Waals surface area contributed by atoms with Crippen molar-refractivity contribution >= 4 is 22.4 Å². The first kappa shape index (κ1) is 18.8. The summed E-state index contributed by atoms with van der Waals surface area (Å²) < 4.78 is 5.87. The van der Waals surface area contributed by atoms with Crippen LogP contribution < -0.4 is 10.1 Å². The Morgan fingerprint density at radius 2 is 2.19 bits per heavy atom. The molecule has 1 N–H and O–H groups in total. The molecule has 2 aromatic rings.